The Kier molecular flexibility index (Phi) is 3.97. The van der Waals surface area contributed by atoms with Gasteiger partial charge in [-0.15, -0.1) is 0 Å². The van der Waals surface area contributed by atoms with Crippen molar-refractivity contribution in [3.8, 4) is 6.07 Å². The third-order valence-electron chi connectivity index (χ3n) is 3.06. The van der Waals surface area contributed by atoms with Gasteiger partial charge in [0.15, 0.2) is 0 Å². The van der Waals surface area contributed by atoms with Gasteiger partial charge in [0, 0.05) is 25.9 Å². The van der Waals surface area contributed by atoms with E-state index in [4.69, 9.17) is 9.78 Å². The molecule has 0 N–H and O–H groups in total. The Labute approximate surface area is 101 Å². The molecule has 0 aliphatic carbocycles. The molecule has 0 saturated carbocycles. The highest BCUT2D eigenvalue weighted by molar-refractivity contribution is 5.27. The molecule has 5 heteroatoms. The van der Waals surface area contributed by atoms with E-state index in [1.807, 2.05) is 6.92 Å². The predicted molar refractivity (Wildman–Crippen MR) is 63.5 cm³/mol. The summed E-state index contributed by atoms with van der Waals surface area (Å²) >= 11 is 0. The molecule has 0 spiro atoms. The van der Waals surface area contributed by atoms with E-state index in [1.54, 1.807) is 0 Å². The lowest BCUT2D eigenvalue weighted by atomic mass is 10.1. The lowest BCUT2D eigenvalue weighted by Gasteiger charge is -2.24. The van der Waals surface area contributed by atoms with Crippen molar-refractivity contribution in [2.24, 2.45) is 5.92 Å². The zero-order valence-electron chi connectivity index (χ0n) is 10.2. The maximum atomic E-state index is 8.60. The van der Waals surface area contributed by atoms with Crippen LogP contribution in [0, 0.1) is 17.2 Å². The van der Waals surface area contributed by atoms with E-state index in [0.29, 0.717) is 24.7 Å². The molecular weight excluding hydrogens is 216 g/mol. The number of anilines is 1. The molecule has 1 saturated heterocycles. The van der Waals surface area contributed by atoms with Crippen molar-refractivity contribution in [2.45, 2.75) is 39.0 Å². The van der Waals surface area contributed by atoms with Crippen LogP contribution in [-0.2, 0) is 6.42 Å². The van der Waals surface area contributed by atoms with Gasteiger partial charge in [-0.1, -0.05) is 6.92 Å². The smallest absolute Gasteiger partial charge is 0.266 e. The zero-order valence-corrected chi connectivity index (χ0v) is 10.2. The van der Waals surface area contributed by atoms with Gasteiger partial charge in [0.2, 0.25) is 5.89 Å². The minimum absolute atomic E-state index is 0.273. The quantitative estimate of drug-likeness (QED) is 0.798. The molecule has 0 aromatic carbocycles. The highest BCUT2D eigenvalue weighted by Gasteiger charge is 2.17. The van der Waals surface area contributed by atoms with Crippen molar-refractivity contribution in [3.05, 3.63) is 5.89 Å². The Bertz CT molecular complexity index is 389. The van der Waals surface area contributed by atoms with E-state index < -0.39 is 0 Å². The second kappa shape index (κ2) is 5.67. The first-order chi connectivity index (χ1) is 8.29. The molecule has 2 heterocycles. The van der Waals surface area contributed by atoms with E-state index in [2.05, 4.69) is 21.1 Å². The van der Waals surface area contributed by atoms with Crippen molar-refractivity contribution < 1.29 is 4.52 Å². The Morgan fingerprint density at radius 2 is 2.18 bits per heavy atom. The number of nitrogens with zero attached hydrogens (tertiary/aromatic N) is 4. The van der Waals surface area contributed by atoms with E-state index in [1.165, 1.54) is 19.3 Å². The molecule has 17 heavy (non-hydrogen) atoms. The second-order valence-electron chi connectivity index (χ2n) is 4.71. The summed E-state index contributed by atoms with van der Waals surface area (Å²) in [6.07, 6.45) is 4.92. The standard InChI is InChI=1S/C12H18N4O/c1-10(5-6-13)9-11-14-12(15-17-11)16-7-3-2-4-8-16/h10H,2-5,7-9H2,1H3. The maximum Gasteiger partial charge on any atom is 0.266 e. The number of rotatable bonds is 4. The van der Waals surface area contributed by atoms with Gasteiger partial charge in [-0.2, -0.15) is 10.2 Å². The molecule has 0 radical (unpaired) electrons. The van der Waals surface area contributed by atoms with Crippen LogP contribution >= 0.6 is 0 Å². The van der Waals surface area contributed by atoms with Crippen LogP contribution in [0.4, 0.5) is 5.95 Å². The molecule has 92 valence electrons. The monoisotopic (exact) mass is 234 g/mol. The van der Waals surface area contributed by atoms with Gasteiger partial charge < -0.3 is 9.42 Å². The molecule has 1 atom stereocenters. The summed E-state index contributed by atoms with van der Waals surface area (Å²) in [7, 11) is 0. The molecule has 1 aromatic rings. The van der Waals surface area contributed by atoms with Crippen LogP contribution in [0.15, 0.2) is 4.52 Å². The number of piperidine rings is 1. The van der Waals surface area contributed by atoms with E-state index >= 15 is 0 Å². The van der Waals surface area contributed by atoms with Crippen LogP contribution in [0.3, 0.4) is 0 Å². The fraction of sp³-hybridized carbons (Fsp3) is 0.750. The first-order valence-electron chi connectivity index (χ1n) is 6.24. The van der Waals surface area contributed by atoms with Crippen molar-refractivity contribution in [1.29, 1.82) is 5.26 Å². The van der Waals surface area contributed by atoms with Gasteiger partial charge in [-0.05, 0) is 30.3 Å². The van der Waals surface area contributed by atoms with Crippen molar-refractivity contribution in [2.75, 3.05) is 18.0 Å². The molecule has 1 aliphatic rings. The van der Waals surface area contributed by atoms with Gasteiger partial charge in [-0.3, -0.25) is 0 Å². The Morgan fingerprint density at radius 1 is 1.41 bits per heavy atom. The molecule has 0 bridgehead atoms. The molecule has 1 aromatic heterocycles. The molecule has 1 unspecified atom stereocenters. The van der Waals surface area contributed by atoms with E-state index in [-0.39, 0.29) is 5.92 Å². The van der Waals surface area contributed by atoms with Gasteiger partial charge in [0.25, 0.3) is 5.95 Å². The summed E-state index contributed by atoms with van der Waals surface area (Å²) in [5.41, 5.74) is 0. The Morgan fingerprint density at radius 3 is 2.88 bits per heavy atom. The number of aromatic nitrogens is 2. The van der Waals surface area contributed by atoms with Gasteiger partial charge in [-0.25, -0.2) is 0 Å². The molecule has 2 rings (SSSR count). The van der Waals surface area contributed by atoms with Crippen LogP contribution in [0.5, 0.6) is 0 Å². The first-order valence-corrected chi connectivity index (χ1v) is 6.24. The van der Waals surface area contributed by atoms with Crippen molar-refractivity contribution in [1.82, 2.24) is 10.1 Å². The Hall–Kier alpha value is -1.57. The van der Waals surface area contributed by atoms with E-state index in [9.17, 15) is 0 Å². The third kappa shape index (κ3) is 3.19. The van der Waals surface area contributed by atoms with Crippen LogP contribution in [0.2, 0.25) is 0 Å². The van der Waals surface area contributed by atoms with Crippen LogP contribution in [-0.4, -0.2) is 23.2 Å². The lowest BCUT2D eigenvalue weighted by molar-refractivity contribution is 0.357. The first kappa shape index (κ1) is 11.9. The summed E-state index contributed by atoms with van der Waals surface area (Å²) in [4.78, 5) is 6.57. The highest BCUT2D eigenvalue weighted by atomic mass is 16.5. The van der Waals surface area contributed by atoms with Crippen LogP contribution in [0.25, 0.3) is 0 Å². The number of hydrogen-bond acceptors (Lipinski definition) is 5. The summed E-state index contributed by atoms with van der Waals surface area (Å²) in [6, 6.07) is 2.16. The zero-order chi connectivity index (χ0) is 12.1. The topological polar surface area (TPSA) is 66.0 Å². The highest BCUT2D eigenvalue weighted by Crippen LogP contribution is 2.18. The largest absolute Gasteiger partial charge is 0.338 e. The number of nitriles is 1. The SMILES string of the molecule is CC(CC#N)Cc1nc(N2CCCCC2)no1. The number of hydrogen-bond donors (Lipinski definition) is 0. The normalized spacial score (nSPS) is 17.8. The lowest BCUT2D eigenvalue weighted by Crippen LogP contribution is -2.30. The van der Waals surface area contributed by atoms with Crippen LogP contribution < -0.4 is 4.90 Å². The van der Waals surface area contributed by atoms with Gasteiger partial charge in [0.1, 0.15) is 0 Å². The van der Waals surface area contributed by atoms with E-state index in [0.717, 1.165) is 13.1 Å². The van der Waals surface area contributed by atoms with Gasteiger partial charge in [0.05, 0.1) is 6.07 Å². The van der Waals surface area contributed by atoms with Crippen molar-refractivity contribution in [3.63, 3.8) is 0 Å². The average Bonchev–Trinajstić information content (AvgIpc) is 2.79. The average molecular weight is 234 g/mol. The van der Waals surface area contributed by atoms with Gasteiger partial charge >= 0.3 is 0 Å². The maximum absolute atomic E-state index is 8.60. The molecule has 1 aliphatic heterocycles. The van der Waals surface area contributed by atoms with Crippen LogP contribution in [0.1, 0.15) is 38.5 Å². The minimum atomic E-state index is 0.273. The molecule has 5 nitrogen and oxygen atoms in total. The third-order valence-corrected chi connectivity index (χ3v) is 3.06. The summed E-state index contributed by atoms with van der Waals surface area (Å²) in [6.45, 7) is 4.06. The fourth-order valence-electron chi connectivity index (χ4n) is 2.08. The summed E-state index contributed by atoms with van der Waals surface area (Å²) in [5.74, 6) is 1.63. The predicted octanol–water partition coefficient (Wildman–Crippen LogP) is 2.15. The fourth-order valence-corrected chi connectivity index (χ4v) is 2.08. The Balaban J connectivity index is 1.93. The minimum Gasteiger partial charge on any atom is -0.338 e. The molecule has 1 fully saturated rings. The molecule has 0 amide bonds. The summed E-state index contributed by atoms with van der Waals surface area (Å²) in [5, 5.41) is 12.6. The summed E-state index contributed by atoms with van der Waals surface area (Å²) < 4.78 is 5.22. The second-order valence-corrected chi connectivity index (χ2v) is 4.71. The molecular formula is C12H18N4O. The van der Waals surface area contributed by atoms with Crippen molar-refractivity contribution >= 4 is 5.95 Å².